The zero-order valence-corrected chi connectivity index (χ0v) is 11.3. The Morgan fingerprint density at radius 1 is 1.24 bits per heavy atom. The molecule has 0 saturated heterocycles. The van der Waals surface area contributed by atoms with Gasteiger partial charge >= 0.3 is 6.03 Å². The van der Waals surface area contributed by atoms with E-state index in [2.05, 4.69) is 24.5 Å². The van der Waals surface area contributed by atoms with Crippen molar-refractivity contribution < 1.29 is 4.79 Å². The van der Waals surface area contributed by atoms with Crippen LogP contribution in [0.5, 0.6) is 0 Å². The summed E-state index contributed by atoms with van der Waals surface area (Å²) in [4.78, 5) is 11.8. The number of nitrogens with one attached hydrogen (secondary N) is 2. The van der Waals surface area contributed by atoms with Gasteiger partial charge in [-0.3, -0.25) is 0 Å². The van der Waals surface area contributed by atoms with Gasteiger partial charge < -0.3 is 10.6 Å². The number of amides is 2. The lowest BCUT2D eigenvalue weighted by molar-refractivity contribution is 0.217. The molecule has 0 radical (unpaired) electrons. The molecule has 5 atom stereocenters. The molecule has 2 aliphatic carbocycles. The molecule has 0 aromatic heterocycles. The summed E-state index contributed by atoms with van der Waals surface area (Å²) in [7, 11) is 0. The van der Waals surface area contributed by atoms with Gasteiger partial charge in [-0.1, -0.05) is 13.3 Å². The van der Waals surface area contributed by atoms with Crippen LogP contribution in [0.2, 0.25) is 0 Å². The Balaban J connectivity index is 1.77. The Hall–Kier alpha value is -0.730. The van der Waals surface area contributed by atoms with Crippen LogP contribution in [0.25, 0.3) is 0 Å². The van der Waals surface area contributed by atoms with E-state index in [-0.39, 0.29) is 12.1 Å². The molecule has 0 heterocycles. The van der Waals surface area contributed by atoms with E-state index < -0.39 is 0 Å². The smallest absolute Gasteiger partial charge is 0.315 e. The molecule has 0 unspecified atom stereocenters. The second-order valence-corrected chi connectivity index (χ2v) is 6.05. The number of hydrogen-bond donors (Lipinski definition) is 2. The second-order valence-electron chi connectivity index (χ2n) is 6.05. The quantitative estimate of drug-likeness (QED) is 0.777. The van der Waals surface area contributed by atoms with Crippen LogP contribution in [0.15, 0.2) is 0 Å². The minimum atomic E-state index is 0.00891. The van der Waals surface area contributed by atoms with Crippen molar-refractivity contribution in [1.29, 1.82) is 0 Å². The van der Waals surface area contributed by atoms with Crippen LogP contribution in [-0.2, 0) is 0 Å². The lowest BCUT2D eigenvalue weighted by Gasteiger charge is -2.29. The fourth-order valence-electron chi connectivity index (χ4n) is 3.59. The van der Waals surface area contributed by atoms with Gasteiger partial charge in [0.2, 0.25) is 0 Å². The van der Waals surface area contributed by atoms with E-state index >= 15 is 0 Å². The summed E-state index contributed by atoms with van der Waals surface area (Å²) < 4.78 is 0. The van der Waals surface area contributed by atoms with Crippen LogP contribution in [0, 0.1) is 17.8 Å². The Kier molecular flexibility index (Phi) is 3.95. The maximum absolute atomic E-state index is 11.8. The fourth-order valence-corrected chi connectivity index (χ4v) is 3.59. The average molecular weight is 238 g/mol. The van der Waals surface area contributed by atoms with Gasteiger partial charge in [0.25, 0.3) is 0 Å². The van der Waals surface area contributed by atoms with E-state index in [0.717, 1.165) is 24.2 Å². The third kappa shape index (κ3) is 2.93. The molecule has 0 aromatic rings. The van der Waals surface area contributed by atoms with E-state index in [1.54, 1.807) is 0 Å². The first-order valence-electron chi connectivity index (χ1n) is 7.17. The Morgan fingerprint density at radius 2 is 2.00 bits per heavy atom. The number of carbonyl (C=O) groups excluding carboxylic acids is 1. The van der Waals surface area contributed by atoms with Gasteiger partial charge in [0.15, 0.2) is 0 Å². The standard InChI is InChI=1S/C14H26N2O/c1-4-9(2)15-14(17)16-10(3)13-8-11-5-6-12(13)7-11/h9-13H,4-8H2,1-3H3,(H2,15,16,17)/t9-,10-,11-,12-,13-/m0/s1. The fraction of sp³-hybridized carbons (Fsp3) is 0.929. The van der Waals surface area contributed by atoms with Gasteiger partial charge in [-0.2, -0.15) is 0 Å². The summed E-state index contributed by atoms with van der Waals surface area (Å²) in [5.74, 6) is 2.54. The van der Waals surface area contributed by atoms with Crippen molar-refractivity contribution in [3.8, 4) is 0 Å². The number of rotatable bonds is 4. The van der Waals surface area contributed by atoms with Crippen LogP contribution in [0.4, 0.5) is 4.79 Å². The molecule has 2 saturated carbocycles. The summed E-state index contributed by atoms with van der Waals surface area (Å²) in [5.41, 5.74) is 0. The molecule has 0 aromatic carbocycles. The lowest BCUT2D eigenvalue weighted by Crippen LogP contribution is -2.47. The van der Waals surface area contributed by atoms with Crippen molar-refractivity contribution in [3.05, 3.63) is 0 Å². The molecule has 2 N–H and O–H groups in total. The highest BCUT2D eigenvalue weighted by molar-refractivity contribution is 5.74. The molecule has 2 aliphatic rings. The molecular formula is C14H26N2O. The molecule has 2 amide bonds. The maximum Gasteiger partial charge on any atom is 0.315 e. The van der Waals surface area contributed by atoms with Crippen molar-refractivity contribution in [1.82, 2.24) is 10.6 Å². The highest BCUT2D eigenvalue weighted by atomic mass is 16.2. The maximum atomic E-state index is 11.8. The van der Waals surface area contributed by atoms with Crippen molar-refractivity contribution in [3.63, 3.8) is 0 Å². The number of fused-ring (bicyclic) bond motifs is 2. The van der Waals surface area contributed by atoms with Crippen molar-refractivity contribution in [2.45, 2.75) is 65.0 Å². The monoisotopic (exact) mass is 238 g/mol. The normalized spacial score (nSPS) is 34.4. The van der Waals surface area contributed by atoms with Crippen molar-refractivity contribution >= 4 is 6.03 Å². The first kappa shape index (κ1) is 12.7. The molecule has 2 fully saturated rings. The van der Waals surface area contributed by atoms with Crippen LogP contribution in [0.1, 0.15) is 52.9 Å². The minimum Gasteiger partial charge on any atom is -0.336 e. The molecule has 0 spiro atoms. The van der Waals surface area contributed by atoms with Gasteiger partial charge in [0.1, 0.15) is 0 Å². The third-order valence-corrected chi connectivity index (χ3v) is 4.78. The average Bonchev–Trinajstić information content (AvgIpc) is 2.90. The Labute approximate surface area is 105 Å². The van der Waals surface area contributed by atoms with E-state index in [1.165, 1.54) is 25.7 Å². The van der Waals surface area contributed by atoms with Crippen LogP contribution >= 0.6 is 0 Å². The number of hydrogen-bond acceptors (Lipinski definition) is 1. The first-order chi connectivity index (χ1) is 8.10. The van der Waals surface area contributed by atoms with Gasteiger partial charge in [-0.25, -0.2) is 4.79 Å². The Bertz CT molecular complexity index is 279. The zero-order valence-electron chi connectivity index (χ0n) is 11.3. The number of urea groups is 1. The minimum absolute atomic E-state index is 0.00891. The van der Waals surface area contributed by atoms with Crippen LogP contribution in [0.3, 0.4) is 0 Å². The van der Waals surface area contributed by atoms with Gasteiger partial charge in [-0.15, -0.1) is 0 Å². The SMILES string of the molecule is CC[C@H](C)NC(=O)N[C@@H](C)[C@@H]1C[C@H]2CC[C@H]1C2. The first-order valence-corrected chi connectivity index (χ1v) is 7.17. The molecule has 2 rings (SSSR count). The molecule has 2 bridgehead atoms. The van der Waals surface area contributed by atoms with Crippen LogP contribution in [-0.4, -0.2) is 18.1 Å². The van der Waals surface area contributed by atoms with Crippen LogP contribution < -0.4 is 10.6 Å². The van der Waals surface area contributed by atoms with E-state index in [1.807, 2.05) is 6.92 Å². The lowest BCUT2D eigenvalue weighted by atomic mass is 9.84. The summed E-state index contributed by atoms with van der Waals surface area (Å²) in [6.07, 6.45) is 6.52. The molecule has 98 valence electrons. The summed E-state index contributed by atoms with van der Waals surface area (Å²) >= 11 is 0. The summed E-state index contributed by atoms with van der Waals surface area (Å²) in [5, 5.41) is 6.10. The summed E-state index contributed by atoms with van der Waals surface area (Å²) in [6, 6.07) is 0.603. The third-order valence-electron chi connectivity index (χ3n) is 4.78. The largest absolute Gasteiger partial charge is 0.336 e. The summed E-state index contributed by atoms with van der Waals surface area (Å²) in [6.45, 7) is 6.30. The van der Waals surface area contributed by atoms with E-state index in [9.17, 15) is 4.79 Å². The van der Waals surface area contributed by atoms with Crippen molar-refractivity contribution in [2.24, 2.45) is 17.8 Å². The number of carbonyl (C=O) groups is 1. The molecule has 3 nitrogen and oxygen atoms in total. The van der Waals surface area contributed by atoms with Gasteiger partial charge in [-0.05, 0) is 57.3 Å². The Morgan fingerprint density at radius 3 is 2.53 bits per heavy atom. The molecular weight excluding hydrogens is 212 g/mol. The van der Waals surface area contributed by atoms with E-state index in [4.69, 9.17) is 0 Å². The molecule has 3 heteroatoms. The van der Waals surface area contributed by atoms with Gasteiger partial charge in [0, 0.05) is 12.1 Å². The van der Waals surface area contributed by atoms with Gasteiger partial charge in [0.05, 0.1) is 0 Å². The molecule has 17 heavy (non-hydrogen) atoms. The highest BCUT2D eigenvalue weighted by Crippen LogP contribution is 2.49. The van der Waals surface area contributed by atoms with E-state index in [0.29, 0.717) is 6.04 Å². The predicted molar refractivity (Wildman–Crippen MR) is 69.8 cm³/mol. The highest BCUT2D eigenvalue weighted by Gasteiger charge is 2.42. The molecule has 0 aliphatic heterocycles. The predicted octanol–water partition coefficient (Wildman–Crippen LogP) is 2.91. The zero-order chi connectivity index (χ0) is 12.4. The second kappa shape index (κ2) is 5.28. The topological polar surface area (TPSA) is 41.1 Å². The van der Waals surface area contributed by atoms with Crippen molar-refractivity contribution in [2.75, 3.05) is 0 Å².